The average Bonchev–Trinajstić information content (AvgIpc) is 2.61. The van der Waals surface area contributed by atoms with E-state index in [1.807, 2.05) is 24.3 Å². The molecule has 0 spiro atoms. The lowest BCUT2D eigenvalue weighted by molar-refractivity contribution is 0.414. The molecule has 0 aromatic heterocycles. The zero-order valence-corrected chi connectivity index (χ0v) is 17.0. The lowest BCUT2D eigenvalue weighted by Crippen LogP contribution is -2.28. The van der Waals surface area contributed by atoms with Crippen LogP contribution in [0.4, 0.5) is 5.69 Å². The molecule has 0 saturated carbocycles. The zero-order chi connectivity index (χ0) is 19.3. The fourth-order valence-corrected chi connectivity index (χ4v) is 3.66. The van der Waals surface area contributed by atoms with Crippen LogP contribution in [-0.2, 0) is 16.6 Å². The minimum Gasteiger partial charge on any atom is -0.497 e. The summed E-state index contributed by atoms with van der Waals surface area (Å²) in [5.41, 5.74) is 1.56. The zero-order valence-electron chi connectivity index (χ0n) is 14.6. The molecule has 0 unspecified atom stereocenters. The van der Waals surface area contributed by atoms with Gasteiger partial charge in [0.1, 0.15) is 10.6 Å². The first-order chi connectivity index (χ1) is 12.2. The average molecular weight is 414 g/mol. The first kappa shape index (κ1) is 20.4. The first-order valence-electron chi connectivity index (χ1n) is 7.64. The van der Waals surface area contributed by atoms with Crippen LogP contribution in [0.3, 0.4) is 0 Å². The summed E-state index contributed by atoms with van der Waals surface area (Å²) in [6, 6.07) is 12.2. The molecule has 0 aliphatic heterocycles. The molecular weight excluding hydrogens is 394 g/mol. The van der Waals surface area contributed by atoms with E-state index in [4.69, 9.17) is 28.6 Å². The third kappa shape index (κ3) is 5.07. The molecule has 0 atom stereocenters. The number of hydrogen-bond acceptors (Lipinski definition) is 4. The van der Waals surface area contributed by atoms with Crippen LogP contribution in [-0.4, -0.2) is 39.0 Å². The summed E-state index contributed by atoms with van der Waals surface area (Å²) < 4.78 is 30.8. The molecule has 0 aliphatic rings. The van der Waals surface area contributed by atoms with Crippen molar-refractivity contribution in [3.05, 3.63) is 53.1 Å². The van der Waals surface area contributed by atoms with Gasteiger partial charge in [0.15, 0.2) is 5.11 Å². The van der Waals surface area contributed by atoms with E-state index >= 15 is 0 Å². The number of ether oxygens (including phenoxy) is 1. The molecule has 0 radical (unpaired) electrons. The molecule has 0 saturated heterocycles. The maximum atomic E-state index is 12.3. The van der Waals surface area contributed by atoms with E-state index in [-0.39, 0.29) is 9.92 Å². The third-order valence-electron chi connectivity index (χ3n) is 3.56. The number of thiocarbonyl (C=S) groups is 1. The summed E-state index contributed by atoms with van der Waals surface area (Å²) in [5.74, 6) is 0.783. The number of rotatable bonds is 6. The Morgan fingerprint density at radius 1 is 1.19 bits per heavy atom. The van der Waals surface area contributed by atoms with Crippen molar-refractivity contribution < 1.29 is 13.2 Å². The summed E-state index contributed by atoms with van der Waals surface area (Å²) in [7, 11) is 0.875. The summed E-state index contributed by atoms with van der Waals surface area (Å²) in [6.45, 7) is 0.520. The fourth-order valence-electron chi connectivity index (χ4n) is 2.08. The molecule has 6 nitrogen and oxygen atoms in total. The van der Waals surface area contributed by atoms with Gasteiger partial charge < -0.3 is 15.4 Å². The number of sulfonamides is 1. The second kappa shape index (κ2) is 8.68. The third-order valence-corrected chi connectivity index (χ3v) is 6.10. The van der Waals surface area contributed by atoms with Crippen molar-refractivity contribution in [1.29, 1.82) is 0 Å². The van der Waals surface area contributed by atoms with Gasteiger partial charge in [-0.1, -0.05) is 23.7 Å². The molecule has 0 fully saturated rings. The van der Waals surface area contributed by atoms with Crippen molar-refractivity contribution in [2.75, 3.05) is 26.5 Å². The van der Waals surface area contributed by atoms with Crippen LogP contribution in [0.5, 0.6) is 5.75 Å². The van der Waals surface area contributed by atoms with Crippen molar-refractivity contribution in [2.24, 2.45) is 0 Å². The standard InChI is InChI=1S/C17H20ClN3O3S2/c1-21(2)26(22,23)16-10-13(6-9-15(16)18)20-17(25)19-11-12-4-7-14(24-3)8-5-12/h4-10H,11H2,1-3H3,(H2,19,20,25). The van der Waals surface area contributed by atoms with E-state index in [9.17, 15) is 8.42 Å². The molecule has 26 heavy (non-hydrogen) atoms. The Hall–Kier alpha value is -1.87. The number of anilines is 1. The van der Waals surface area contributed by atoms with Gasteiger partial charge in [0.25, 0.3) is 0 Å². The molecule has 2 aromatic carbocycles. The normalized spacial score (nSPS) is 11.3. The molecule has 2 rings (SSSR count). The predicted molar refractivity (Wildman–Crippen MR) is 108 cm³/mol. The van der Waals surface area contributed by atoms with Gasteiger partial charge in [0, 0.05) is 26.3 Å². The quantitative estimate of drug-likeness (QED) is 0.709. The predicted octanol–water partition coefficient (Wildman–Crippen LogP) is 3.09. The maximum Gasteiger partial charge on any atom is 0.244 e. The minimum absolute atomic E-state index is 0.0205. The molecular formula is C17H20ClN3O3S2. The van der Waals surface area contributed by atoms with Crippen LogP contribution >= 0.6 is 23.8 Å². The van der Waals surface area contributed by atoms with Gasteiger partial charge in [0.2, 0.25) is 10.0 Å². The molecule has 2 N–H and O–H groups in total. The number of nitrogens with one attached hydrogen (secondary N) is 2. The maximum absolute atomic E-state index is 12.3. The van der Waals surface area contributed by atoms with Gasteiger partial charge in [-0.05, 0) is 48.1 Å². The van der Waals surface area contributed by atoms with Gasteiger partial charge in [-0.3, -0.25) is 0 Å². The summed E-state index contributed by atoms with van der Waals surface area (Å²) in [4.78, 5) is 0.0205. The van der Waals surface area contributed by atoms with Gasteiger partial charge >= 0.3 is 0 Å². The Morgan fingerprint density at radius 3 is 2.42 bits per heavy atom. The van der Waals surface area contributed by atoms with E-state index in [1.165, 1.54) is 26.2 Å². The Labute approximate surface area is 164 Å². The van der Waals surface area contributed by atoms with Gasteiger partial charge in [-0.15, -0.1) is 0 Å². The van der Waals surface area contributed by atoms with Crippen molar-refractivity contribution in [3.63, 3.8) is 0 Å². The Kier molecular flexibility index (Phi) is 6.82. The Morgan fingerprint density at radius 2 is 1.85 bits per heavy atom. The summed E-state index contributed by atoms with van der Waals surface area (Å²) in [5, 5.41) is 6.56. The van der Waals surface area contributed by atoms with E-state index in [2.05, 4.69) is 10.6 Å². The molecule has 140 valence electrons. The van der Waals surface area contributed by atoms with E-state index in [0.717, 1.165) is 15.6 Å². The van der Waals surface area contributed by atoms with Crippen molar-refractivity contribution >= 4 is 44.6 Å². The lowest BCUT2D eigenvalue weighted by Gasteiger charge is -2.15. The molecule has 9 heteroatoms. The van der Waals surface area contributed by atoms with Crippen LogP contribution in [0.2, 0.25) is 5.02 Å². The highest BCUT2D eigenvalue weighted by Crippen LogP contribution is 2.26. The Bertz CT molecular complexity index is 885. The van der Waals surface area contributed by atoms with Crippen molar-refractivity contribution in [3.8, 4) is 5.75 Å². The minimum atomic E-state index is -3.64. The van der Waals surface area contributed by atoms with Crippen molar-refractivity contribution in [1.82, 2.24) is 9.62 Å². The SMILES string of the molecule is COc1ccc(CNC(=S)Nc2ccc(Cl)c(S(=O)(=O)N(C)C)c2)cc1. The highest BCUT2D eigenvalue weighted by Gasteiger charge is 2.21. The van der Waals surface area contributed by atoms with Crippen LogP contribution in [0.25, 0.3) is 0 Å². The smallest absolute Gasteiger partial charge is 0.244 e. The fraction of sp³-hybridized carbons (Fsp3) is 0.235. The monoisotopic (exact) mass is 413 g/mol. The number of halogens is 1. The van der Waals surface area contributed by atoms with Gasteiger partial charge in [-0.25, -0.2) is 12.7 Å². The highest BCUT2D eigenvalue weighted by atomic mass is 35.5. The topological polar surface area (TPSA) is 70.7 Å². The molecule has 0 amide bonds. The molecule has 0 aliphatic carbocycles. The number of methoxy groups -OCH3 is 1. The van der Waals surface area contributed by atoms with Gasteiger partial charge in [-0.2, -0.15) is 0 Å². The van der Waals surface area contributed by atoms with Crippen molar-refractivity contribution in [2.45, 2.75) is 11.4 Å². The molecule has 2 aromatic rings. The number of benzene rings is 2. The summed E-state index contributed by atoms with van der Waals surface area (Å²) >= 11 is 11.3. The van der Waals surface area contributed by atoms with Crippen LogP contribution in [0, 0.1) is 0 Å². The summed E-state index contributed by atoms with van der Waals surface area (Å²) in [6.07, 6.45) is 0. The number of nitrogens with zero attached hydrogens (tertiary/aromatic N) is 1. The van der Waals surface area contributed by atoms with E-state index in [0.29, 0.717) is 17.3 Å². The van der Waals surface area contributed by atoms with Crippen LogP contribution < -0.4 is 15.4 Å². The molecule has 0 heterocycles. The Balaban J connectivity index is 2.04. The number of hydrogen-bond donors (Lipinski definition) is 2. The van der Waals surface area contributed by atoms with E-state index in [1.54, 1.807) is 13.2 Å². The lowest BCUT2D eigenvalue weighted by atomic mass is 10.2. The van der Waals surface area contributed by atoms with Crippen LogP contribution in [0.15, 0.2) is 47.4 Å². The second-order valence-corrected chi connectivity index (χ2v) is 8.52. The first-order valence-corrected chi connectivity index (χ1v) is 9.86. The van der Waals surface area contributed by atoms with E-state index < -0.39 is 10.0 Å². The largest absolute Gasteiger partial charge is 0.497 e. The second-order valence-electron chi connectivity index (χ2n) is 5.59. The van der Waals surface area contributed by atoms with Crippen LogP contribution in [0.1, 0.15) is 5.56 Å². The highest BCUT2D eigenvalue weighted by molar-refractivity contribution is 7.89. The van der Waals surface area contributed by atoms with Gasteiger partial charge in [0.05, 0.1) is 12.1 Å². The molecule has 0 bridgehead atoms.